The van der Waals surface area contributed by atoms with E-state index in [2.05, 4.69) is 35.1 Å². The Kier molecular flexibility index (Phi) is 5.61. The van der Waals surface area contributed by atoms with Gasteiger partial charge in [0.2, 0.25) is 5.91 Å². The van der Waals surface area contributed by atoms with Gasteiger partial charge in [-0.25, -0.2) is 0 Å². The van der Waals surface area contributed by atoms with E-state index in [0.717, 1.165) is 18.2 Å². The number of alkyl halides is 1. The lowest BCUT2D eigenvalue weighted by atomic mass is 10.0. The minimum absolute atomic E-state index is 0.139. The molecule has 0 aromatic rings. The normalized spacial score (nSPS) is 11.8. The van der Waals surface area contributed by atoms with Gasteiger partial charge in [-0.05, 0) is 26.7 Å². The highest BCUT2D eigenvalue weighted by Gasteiger charge is 2.22. The molecule has 0 aliphatic carbocycles. The molecule has 1 amide bonds. The molecule has 0 radical (unpaired) electrons. The number of amides is 1. The molecule has 0 aliphatic rings. The number of hydrogen-bond donors (Lipinski definition) is 1. The first-order valence-corrected chi connectivity index (χ1v) is 5.97. The number of carbonyl (C=O) groups is 1. The quantitative estimate of drug-likeness (QED) is 0.747. The van der Waals surface area contributed by atoms with Crippen molar-refractivity contribution >= 4 is 21.8 Å². The molecule has 0 saturated carbocycles. The molecule has 2 nitrogen and oxygen atoms in total. The third kappa shape index (κ3) is 4.65. The van der Waals surface area contributed by atoms with Crippen LogP contribution in [-0.2, 0) is 4.79 Å². The summed E-state index contributed by atoms with van der Waals surface area (Å²) in [5.41, 5.74) is -0.139. The van der Waals surface area contributed by atoms with Crippen molar-refractivity contribution in [2.75, 3.05) is 5.33 Å². The molecule has 0 saturated heterocycles. The smallest absolute Gasteiger partial charge is 0.223 e. The molecule has 0 aliphatic heterocycles. The monoisotopic (exact) mass is 249 g/mol. The molecular formula is C10H20BrNO. The average Bonchev–Trinajstić information content (AvgIpc) is 2.06. The fourth-order valence-corrected chi connectivity index (χ4v) is 1.27. The molecule has 0 fully saturated rings. The summed E-state index contributed by atoms with van der Waals surface area (Å²) in [6, 6.07) is 0. The first-order valence-electron chi connectivity index (χ1n) is 4.84. The molecule has 0 bridgehead atoms. The van der Waals surface area contributed by atoms with Crippen LogP contribution in [0.5, 0.6) is 0 Å². The number of carbonyl (C=O) groups excluding carboxylic acids is 1. The van der Waals surface area contributed by atoms with Crippen LogP contribution in [0.2, 0.25) is 0 Å². The van der Waals surface area contributed by atoms with Crippen molar-refractivity contribution < 1.29 is 4.79 Å². The minimum atomic E-state index is -0.139. The highest BCUT2D eigenvalue weighted by Crippen LogP contribution is 2.12. The van der Waals surface area contributed by atoms with E-state index in [1.807, 2.05) is 13.8 Å². The zero-order valence-corrected chi connectivity index (χ0v) is 10.6. The van der Waals surface area contributed by atoms with Gasteiger partial charge in [0.25, 0.3) is 0 Å². The van der Waals surface area contributed by atoms with Gasteiger partial charge in [-0.1, -0.05) is 29.8 Å². The molecule has 1 N–H and O–H groups in total. The van der Waals surface area contributed by atoms with Crippen LogP contribution in [0.15, 0.2) is 0 Å². The van der Waals surface area contributed by atoms with Crippen molar-refractivity contribution in [1.82, 2.24) is 5.32 Å². The zero-order valence-electron chi connectivity index (χ0n) is 8.98. The molecule has 0 aromatic heterocycles. The van der Waals surface area contributed by atoms with E-state index in [1.165, 1.54) is 0 Å². The molecule has 3 heteroatoms. The largest absolute Gasteiger partial charge is 0.350 e. The Balaban J connectivity index is 4.13. The summed E-state index contributed by atoms with van der Waals surface area (Å²) in [7, 11) is 0. The first-order chi connectivity index (χ1) is 5.96. The second kappa shape index (κ2) is 5.63. The molecule has 78 valence electrons. The van der Waals surface area contributed by atoms with Crippen molar-refractivity contribution in [2.45, 2.75) is 46.1 Å². The lowest BCUT2D eigenvalue weighted by molar-refractivity contribution is -0.126. The van der Waals surface area contributed by atoms with E-state index in [-0.39, 0.29) is 17.4 Å². The third-order valence-electron chi connectivity index (χ3n) is 2.15. The lowest BCUT2D eigenvalue weighted by Crippen LogP contribution is -2.47. The van der Waals surface area contributed by atoms with Crippen LogP contribution in [0.1, 0.15) is 40.5 Å². The van der Waals surface area contributed by atoms with Gasteiger partial charge in [-0.2, -0.15) is 0 Å². The van der Waals surface area contributed by atoms with E-state index in [4.69, 9.17) is 0 Å². The van der Waals surface area contributed by atoms with Crippen LogP contribution >= 0.6 is 15.9 Å². The molecule has 0 unspecified atom stereocenters. The number of rotatable bonds is 5. The molecule has 0 aromatic carbocycles. The number of hydrogen-bond acceptors (Lipinski definition) is 1. The minimum Gasteiger partial charge on any atom is -0.350 e. The zero-order chi connectivity index (χ0) is 10.5. The summed E-state index contributed by atoms with van der Waals surface area (Å²) >= 11 is 3.38. The molecule has 0 atom stereocenters. The maximum absolute atomic E-state index is 11.6. The van der Waals surface area contributed by atoms with Crippen molar-refractivity contribution in [2.24, 2.45) is 5.92 Å². The fraction of sp³-hybridized carbons (Fsp3) is 0.900. The Morgan fingerprint density at radius 1 is 1.38 bits per heavy atom. The van der Waals surface area contributed by atoms with Crippen LogP contribution in [-0.4, -0.2) is 16.8 Å². The van der Waals surface area contributed by atoms with E-state index < -0.39 is 0 Å². The van der Waals surface area contributed by atoms with Crippen molar-refractivity contribution in [3.63, 3.8) is 0 Å². The van der Waals surface area contributed by atoms with E-state index in [9.17, 15) is 4.79 Å². The van der Waals surface area contributed by atoms with Gasteiger partial charge in [-0.3, -0.25) is 4.79 Å². The standard InChI is InChI=1S/C10H20BrNO/c1-5-8(6-2)9(13)12-10(3,4)7-11/h8H,5-7H2,1-4H3,(H,12,13). The topological polar surface area (TPSA) is 29.1 Å². The van der Waals surface area contributed by atoms with Gasteiger partial charge in [0.05, 0.1) is 0 Å². The first kappa shape index (κ1) is 12.9. The Morgan fingerprint density at radius 3 is 2.15 bits per heavy atom. The van der Waals surface area contributed by atoms with Gasteiger partial charge in [-0.15, -0.1) is 0 Å². The maximum atomic E-state index is 11.6. The van der Waals surface area contributed by atoms with Gasteiger partial charge in [0, 0.05) is 16.8 Å². The Hall–Kier alpha value is -0.0500. The molecule has 0 heterocycles. The summed E-state index contributed by atoms with van der Waals surface area (Å²) in [5.74, 6) is 0.341. The van der Waals surface area contributed by atoms with E-state index >= 15 is 0 Å². The summed E-state index contributed by atoms with van der Waals surface area (Å²) in [5, 5.41) is 3.81. The molecule has 13 heavy (non-hydrogen) atoms. The summed E-state index contributed by atoms with van der Waals surface area (Å²) in [6.45, 7) is 8.13. The van der Waals surface area contributed by atoms with Gasteiger partial charge in [0.15, 0.2) is 0 Å². The lowest BCUT2D eigenvalue weighted by Gasteiger charge is -2.26. The molecular weight excluding hydrogens is 230 g/mol. The Morgan fingerprint density at radius 2 is 1.85 bits per heavy atom. The number of nitrogens with one attached hydrogen (secondary N) is 1. The fourth-order valence-electron chi connectivity index (χ4n) is 1.13. The Labute approximate surface area is 89.6 Å². The predicted octanol–water partition coefficient (Wildman–Crippen LogP) is 2.71. The van der Waals surface area contributed by atoms with Crippen LogP contribution in [0, 0.1) is 5.92 Å². The van der Waals surface area contributed by atoms with Crippen molar-refractivity contribution in [1.29, 1.82) is 0 Å². The van der Waals surface area contributed by atoms with Crippen LogP contribution in [0.4, 0.5) is 0 Å². The Bertz CT molecular complexity index is 164. The summed E-state index contributed by atoms with van der Waals surface area (Å²) in [6.07, 6.45) is 1.83. The second-order valence-electron chi connectivity index (χ2n) is 4.02. The van der Waals surface area contributed by atoms with Crippen molar-refractivity contribution in [3.8, 4) is 0 Å². The second-order valence-corrected chi connectivity index (χ2v) is 4.58. The van der Waals surface area contributed by atoms with Crippen LogP contribution in [0.25, 0.3) is 0 Å². The SMILES string of the molecule is CCC(CC)C(=O)NC(C)(C)CBr. The average molecular weight is 250 g/mol. The van der Waals surface area contributed by atoms with E-state index in [0.29, 0.717) is 0 Å². The third-order valence-corrected chi connectivity index (χ3v) is 3.55. The van der Waals surface area contributed by atoms with Crippen LogP contribution < -0.4 is 5.32 Å². The van der Waals surface area contributed by atoms with Gasteiger partial charge < -0.3 is 5.32 Å². The number of halogens is 1. The van der Waals surface area contributed by atoms with Crippen LogP contribution in [0.3, 0.4) is 0 Å². The summed E-state index contributed by atoms with van der Waals surface area (Å²) in [4.78, 5) is 11.6. The van der Waals surface area contributed by atoms with Gasteiger partial charge >= 0.3 is 0 Å². The molecule has 0 rings (SSSR count). The van der Waals surface area contributed by atoms with Crippen molar-refractivity contribution in [3.05, 3.63) is 0 Å². The highest BCUT2D eigenvalue weighted by molar-refractivity contribution is 9.09. The van der Waals surface area contributed by atoms with E-state index in [1.54, 1.807) is 0 Å². The maximum Gasteiger partial charge on any atom is 0.223 e. The summed E-state index contributed by atoms with van der Waals surface area (Å²) < 4.78 is 0. The van der Waals surface area contributed by atoms with Gasteiger partial charge in [0.1, 0.15) is 0 Å². The highest BCUT2D eigenvalue weighted by atomic mass is 79.9. The molecule has 0 spiro atoms. The predicted molar refractivity (Wildman–Crippen MR) is 60.1 cm³/mol.